The average molecular weight is 474 g/mol. The van der Waals surface area contributed by atoms with Crippen LogP contribution in [0.4, 0.5) is 5.82 Å². The summed E-state index contributed by atoms with van der Waals surface area (Å²) in [7, 11) is 0. The van der Waals surface area contributed by atoms with E-state index in [-0.39, 0.29) is 24.8 Å². The standard InChI is InChI=1S/C21H25ClN4O2.2ClH/c1-15-2-4-16(5-3-15)14-26-10-8-18(9-11-26)24-21-19(22)12-17(13-23-21)6-7-20(27)25-28;;/h2-7,12-13,18,28H,8-11,14H2,1H3,(H,23,24)(H,25,27);2*1H. The van der Waals surface area contributed by atoms with Gasteiger partial charge in [0.15, 0.2) is 0 Å². The minimum Gasteiger partial charge on any atom is -0.366 e. The first-order chi connectivity index (χ1) is 13.5. The van der Waals surface area contributed by atoms with Crippen LogP contribution in [0.1, 0.15) is 29.5 Å². The number of nitrogens with zero attached hydrogens (tertiary/aromatic N) is 2. The Hall–Kier alpha value is -1.83. The Morgan fingerprint density at radius 3 is 2.53 bits per heavy atom. The van der Waals surface area contributed by atoms with Gasteiger partial charge >= 0.3 is 0 Å². The maximum Gasteiger partial charge on any atom is 0.267 e. The summed E-state index contributed by atoms with van der Waals surface area (Å²) in [4.78, 5) is 17.9. The number of anilines is 1. The van der Waals surface area contributed by atoms with Crippen molar-refractivity contribution in [3.05, 3.63) is 64.3 Å². The maximum atomic E-state index is 11.0. The van der Waals surface area contributed by atoms with Crippen molar-refractivity contribution < 1.29 is 10.0 Å². The molecule has 3 N–H and O–H groups in total. The minimum absolute atomic E-state index is 0. The number of nitrogens with one attached hydrogen (secondary N) is 2. The zero-order valence-electron chi connectivity index (χ0n) is 16.7. The maximum absolute atomic E-state index is 11.0. The molecule has 0 atom stereocenters. The topological polar surface area (TPSA) is 77.5 Å². The van der Waals surface area contributed by atoms with Gasteiger partial charge in [0.05, 0.1) is 5.02 Å². The Kier molecular flexibility index (Phi) is 11.2. The predicted molar refractivity (Wildman–Crippen MR) is 126 cm³/mol. The van der Waals surface area contributed by atoms with Crippen LogP contribution in [0.5, 0.6) is 0 Å². The molecule has 3 rings (SSSR count). The smallest absolute Gasteiger partial charge is 0.267 e. The van der Waals surface area contributed by atoms with Gasteiger partial charge in [-0.05, 0) is 43.0 Å². The summed E-state index contributed by atoms with van der Waals surface area (Å²) in [5, 5.41) is 12.4. The van der Waals surface area contributed by atoms with E-state index in [1.165, 1.54) is 23.3 Å². The number of carbonyl (C=O) groups excluding carboxylic acids is 1. The monoisotopic (exact) mass is 472 g/mol. The molecule has 2 aromatic rings. The third-order valence-electron chi connectivity index (χ3n) is 4.85. The molecule has 30 heavy (non-hydrogen) atoms. The largest absolute Gasteiger partial charge is 0.366 e. The lowest BCUT2D eigenvalue weighted by Crippen LogP contribution is -2.38. The van der Waals surface area contributed by atoms with E-state index in [9.17, 15) is 4.79 Å². The van der Waals surface area contributed by atoms with Crippen molar-refractivity contribution in [3.63, 3.8) is 0 Å². The van der Waals surface area contributed by atoms with E-state index in [0.717, 1.165) is 32.5 Å². The first-order valence-corrected chi connectivity index (χ1v) is 9.73. The predicted octanol–water partition coefficient (Wildman–Crippen LogP) is 4.48. The highest BCUT2D eigenvalue weighted by atomic mass is 35.5. The van der Waals surface area contributed by atoms with E-state index in [0.29, 0.717) is 22.4 Å². The molecule has 0 bridgehead atoms. The van der Waals surface area contributed by atoms with Crippen LogP contribution in [0.3, 0.4) is 0 Å². The molecule has 1 aromatic heterocycles. The van der Waals surface area contributed by atoms with Crippen LogP contribution >= 0.6 is 36.4 Å². The molecule has 1 aromatic carbocycles. The van der Waals surface area contributed by atoms with Crippen molar-refractivity contribution in [2.75, 3.05) is 18.4 Å². The van der Waals surface area contributed by atoms with E-state index < -0.39 is 5.91 Å². The third kappa shape index (κ3) is 7.78. The van der Waals surface area contributed by atoms with Crippen molar-refractivity contribution in [1.82, 2.24) is 15.4 Å². The molecular weight excluding hydrogens is 447 g/mol. The first kappa shape index (κ1) is 26.2. The highest BCUT2D eigenvalue weighted by Gasteiger charge is 2.20. The number of carbonyl (C=O) groups is 1. The molecule has 0 aliphatic carbocycles. The third-order valence-corrected chi connectivity index (χ3v) is 5.14. The van der Waals surface area contributed by atoms with E-state index in [1.807, 2.05) is 0 Å². The average Bonchev–Trinajstić information content (AvgIpc) is 2.71. The number of hydrogen-bond acceptors (Lipinski definition) is 5. The second-order valence-electron chi connectivity index (χ2n) is 7.09. The molecule has 1 aliphatic heterocycles. The molecule has 1 saturated heterocycles. The second-order valence-corrected chi connectivity index (χ2v) is 7.50. The number of hydroxylamine groups is 1. The molecule has 2 heterocycles. The van der Waals surface area contributed by atoms with Crippen molar-refractivity contribution in [3.8, 4) is 0 Å². The molecule has 1 amide bonds. The second kappa shape index (κ2) is 12.8. The summed E-state index contributed by atoms with van der Waals surface area (Å²) < 4.78 is 0. The van der Waals surface area contributed by atoms with E-state index in [1.54, 1.807) is 17.7 Å². The van der Waals surface area contributed by atoms with E-state index in [4.69, 9.17) is 16.8 Å². The lowest BCUT2D eigenvalue weighted by Gasteiger charge is -2.32. The highest BCUT2D eigenvalue weighted by Crippen LogP contribution is 2.24. The van der Waals surface area contributed by atoms with Gasteiger partial charge in [0.2, 0.25) is 0 Å². The molecule has 6 nitrogen and oxygen atoms in total. The van der Waals surface area contributed by atoms with Crippen LogP contribution < -0.4 is 10.8 Å². The molecule has 1 aliphatic rings. The van der Waals surface area contributed by atoms with E-state index in [2.05, 4.69) is 46.4 Å². The normalized spacial score (nSPS) is 14.6. The van der Waals surface area contributed by atoms with Gasteiger partial charge in [0.1, 0.15) is 5.82 Å². The fraction of sp³-hybridized carbons (Fsp3) is 0.333. The van der Waals surface area contributed by atoms with Crippen LogP contribution in [0.15, 0.2) is 42.6 Å². The van der Waals surface area contributed by atoms with Gasteiger partial charge in [-0.2, -0.15) is 0 Å². The van der Waals surface area contributed by atoms with Crippen LogP contribution in [-0.4, -0.2) is 40.1 Å². The fourth-order valence-electron chi connectivity index (χ4n) is 3.24. The number of hydrogen-bond donors (Lipinski definition) is 3. The number of halogens is 3. The Morgan fingerprint density at radius 2 is 1.93 bits per heavy atom. The van der Waals surface area contributed by atoms with Gasteiger partial charge in [0.25, 0.3) is 5.91 Å². The molecule has 0 unspecified atom stereocenters. The van der Waals surface area contributed by atoms with Gasteiger partial charge in [-0.3, -0.25) is 14.9 Å². The number of pyridine rings is 1. The number of likely N-dealkylation sites (tertiary alicyclic amines) is 1. The molecular formula is C21H27Cl3N4O2. The summed E-state index contributed by atoms with van der Waals surface area (Å²) in [6, 6.07) is 10.8. The zero-order valence-corrected chi connectivity index (χ0v) is 19.1. The van der Waals surface area contributed by atoms with Crippen molar-refractivity contribution in [2.24, 2.45) is 0 Å². The molecule has 0 spiro atoms. The Morgan fingerprint density at radius 1 is 1.27 bits per heavy atom. The number of aromatic nitrogens is 1. The van der Waals surface area contributed by atoms with Crippen molar-refractivity contribution >= 4 is 54.2 Å². The van der Waals surface area contributed by atoms with Crippen molar-refractivity contribution in [1.29, 1.82) is 0 Å². The Bertz CT molecular complexity index is 839. The lowest BCUT2D eigenvalue weighted by atomic mass is 10.0. The number of benzene rings is 1. The Labute approximate surface area is 194 Å². The summed E-state index contributed by atoms with van der Waals surface area (Å²) in [6.07, 6.45) is 6.45. The minimum atomic E-state index is -0.601. The van der Waals surface area contributed by atoms with Crippen LogP contribution in [-0.2, 0) is 11.3 Å². The van der Waals surface area contributed by atoms with Crippen molar-refractivity contribution in [2.45, 2.75) is 32.4 Å². The van der Waals surface area contributed by atoms with Crippen LogP contribution in [0.2, 0.25) is 5.02 Å². The summed E-state index contributed by atoms with van der Waals surface area (Å²) in [5.41, 5.74) is 4.86. The van der Waals surface area contributed by atoms with Gasteiger partial charge in [0, 0.05) is 37.9 Å². The van der Waals surface area contributed by atoms with Gasteiger partial charge < -0.3 is 5.32 Å². The van der Waals surface area contributed by atoms with Crippen LogP contribution in [0.25, 0.3) is 6.08 Å². The molecule has 0 saturated carbocycles. The molecule has 0 radical (unpaired) electrons. The number of aryl methyl sites for hydroxylation is 1. The Balaban J connectivity index is 0.00000225. The zero-order chi connectivity index (χ0) is 19.9. The number of piperidine rings is 1. The first-order valence-electron chi connectivity index (χ1n) is 9.35. The van der Waals surface area contributed by atoms with Gasteiger partial charge in [-0.1, -0.05) is 41.4 Å². The molecule has 1 fully saturated rings. The number of rotatable bonds is 6. The summed E-state index contributed by atoms with van der Waals surface area (Å²) in [6.45, 7) is 5.14. The van der Waals surface area contributed by atoms with Gasteiger partial charge in [-0.25, -0.2) is 10.5 Å². The molecule has 9 heteroatoms. The quantitative estimate of drug-likeness (QED) is 0.327. The van der Waals surface area contributed by atoms with Gasteiger partial charge in [-0.15, -0.1) is 24.8 Å². The summed E-state index contributed by atoms with van der Waals surface area (Å²) >= 11 is 6.33. The van der Waals surface area contributed by atoms with Crippen LogP contribution in [0, 0.1) is 6.92 Å². The summed E-state index contributed by atoms with van der Waals surface area (Å²) in [5.74, 6) is 0.0538. The lowest BCUT2D eigenvalue weighted by molar-refractivity contribution is -0.124. The SMILES string of the molecule is Cc1ccc(CN2CCC(Nc3ncc(C=CC(=O)NO)cc3Cl)CC2)cc1.Cl.Cl. The number of amides is 1. The van der Waals surface area contributed by atoms with E-state index >= 15 is 0 Å². The highest BCUT2D eigenvalue weighted by molar-refractivity contribution is 6.33. The fourth-order valence-corrected chi connectivity index (χ4v) is 3.47. The molecule has 164 valence electrons.